The lowest BCUT2D eigenvalue weighted by Gasteiger charge is -2.07. The van der Waals surface area contributed by atoms with E-state index < -0.39 is 0 Å². The molecule has 4 heteroatoms. The summed E-state index contributed by atoms with van der Waals surface area (Å²) in [5.41, 5.74) is 1.76. The SMILES string of the molecule is Fc1ccc(C2CC(CCl)=NO2)cc1. The average Bonchev–Trinajstić information content (AvgIpc) is 2.67. The van der Waals surface area contributed by atoms with Gasteiger partial charge in [-0.05, 0) is 17.7 Å². The van der Waals surface area contributed by atoms with E-state index in [0.29, 0.717) is 12.3 Å². The third-order valence-electron chi connectivity index (χ3n) is 2.13. The molecule has 0 spiro atoms. The Morgan fingerprint density at radius 1 is 1.43 bits per heavy atom. The first-order chi connectivity index (χ1) is 6.79. The van der Waals surface area contributed by atoms with Crippen LogP contribution in [0.25, 0.3) is 0 Å². The molecule has 2 rings (SSSR count). The van der Waals surface area contributed by atoms with Crippen molar-refractivity contribution >= 4 is 17.3 Å². The molecule has 1 aliphatic rings. The lowest BCUT2D eigenvalue weighted by Crippen LogP contribution is -2.00. The van der Waals surface area contributed by atoms with Crippen LogP contribution in [0.1, 0.15) is 18.1 Å². The predicted molar refractivity (Wildman–Crippen MR) is 53.0 cm³/mol. The van der Waals surface area contributed by atoms with Crippen molar-refractivity contribution in [3.63, 3.8) is 0 Å². The number of benzene rings is 1. The van der Waals surface area contributed by atoms with Gasteiger partial charge in [-0.15, -0.1) is 11.6 Å². The van der Waals surface area contributed by atoms with E-state index in [1.165, 1.54) is 12.1 Å². The molecular formula is C10H9ClFNO. The van der Waals surface area contributed by atoms with Gasteiger partial charge in [-0.1, -0.05) is 17.3 Å². The number of oxime groups is 1. The van der Waals surface area contributed by atoms with Gasteiger partial charge in [0.25, 0.3) is 0 Å². The van der Waals surface area contributed by atoms with Crippen molar-refractivity contribution in [1.29, 1.82) is 0 Å². The second-order valence-electron chi connectivity index (χ2n) is 3.14. The fraction of sp³-hybridized carbons (Fsp3) is 0.300. The molecule has 1 aromatic carbocycles. The monoisotopic (exact) mass is 213 g/mol. The molecule has 1 aliphatic heterocycles. The van der Waals surface area contributed by atoms with E-state index >= 15 is 0 Å². The number of alkyl halides is 1. The van der Waals surface area contributed by atoms with Crippen molar-refractivity contribution in [2.24, 2.45) is 5.16 Å². The molecule has 0 aromatic heterocycles. The zero-order valence-corrected chi connectivity index (χ0v) is 8.17. The van der Waals surface area contributed by atoms with Gasteiger partial charge in [-0.25, -0.2) is 4.39 Å². The van der Waals surface area contributed by atoms with E-state index in [4.69, 9.17) is 16.4 Å². The largest absolute Gasteiger partial charge is 0.387 e. The highest BCUT2D eigenvalue weighted by atomic mass is 35.5. The quantitative estimate of drug-likeness (QED) is 0.693. The molecule has 0 amide bonds. The number of halogens is 2. The van der Waals surface area contributed by atoms with E-state index in [9.17, 15) is 4.39 Å². The maximum Gasteiger partial charge on any atom is 0.157 e. The molecule has 2 nitrogen and oxygen atoms in total. The molecule has 0 bridgehead atoms. The molecule has 0 fully saturated rings. The van der Waals surface area contributed by atoms with Crippen molar-refractivity contribution in [1.82, 2.24) is 0 Å². The molecular weight excluding hydrogens is 205 g/mol. The van der Waals surface area contributed by atoms with Gasteiger partial charge in [0.05, 0.1) is 11.6 Å². The summed E-state index contributed by atoms with van der Waals surface area (Å²) in [6.07, 6.45) is 0.583. The van der Waals surface area contributed by atoms with Gasteiger partial charge < -0.3 is 4.84 Å². The summed E-state index contributed by atoms with van der Waals surface area (Å²) in [5, 5.41) is 3.83. The first kappa shape index (κ1) is 9.46. The van der Waals surface area contributed by atoms with Crippen LogP contribution in [0.5, 0.6) is 0 Å². The maximum atomic E-state index is 12.6. The molecule has 0 saturated carbocycles. The predicted octanol–water partition coefficient (Wildman–Crippen LogP) is 2.88. The molecule has 0 saturated heterocycles. The van der Waals surface area contributed by atoms with Crippen molar-refractivity contribution in [2.45, 2.75) is 12.5 Å². The van der Waals surface area contributed by atoms with Crippen molar-refractivity contribution in [2.75, 3.05) is 5.88 Å². The Hall–Kier alpha value is -1.09. The van der Waals surface area contributed by atoms with E-state index in [0.717, 1.165) is 11.3 Å². The lowest BCUT2D eigenvalue weighted by atomic mass is 10.1. The summed E-state index contributed by atoms with van der Waals surface area (Å²) in [6, 6.07) is 6.23. The van der Waals surface area contributed by atoms with E-state index in [1.807, 2.05) is 0 Å². The van der Waals surface area contributed by atoms with E-state index in [-0.39, 0.29) is 11.9 Å². The number of rotatable bonds is 2. The molecule has 1 atom stereocenters. The van der Waals surface area contributed by atoms with Gasteiger partial charge >= 0.3 is 0 Å². The Labute approximate surface area is 86.3 Å². The summed E-state index contributed by atoms with van der Waals surface area (Å²) in [5.74, 6) is 0.141. The Morgan fingerprint density at radius 2 is 2.14 bits per heavy atom. The maximum absolute atomic E-state index is 12.6. The first-order valence-electron chi connectivity index (χ1n) is 4.32. The highest BCUT2D eigenvalue weighted by Crippen LogP contribution is 2.27. The Morgan fingerprint density at radius 3 is 2.71 bits per heavy atom. The molecule has 1 unspecified atom stereocenters. The summed E-state index contributed by atoms with van der Waals surface area (Å²) in [7, 11) is 0. The van der Waals surface area contributed by atoms with Crippen LogP contribution in [-0.2, 0) is 4.84 Å². The Kier molecular flexibility index (Phi) is 2.68. The van der Waals surface area contributed by atoms with Crippen molar-refractivity contribution in [3.8, 4) is 0 Å². The average molecular weight is 214 g/mol. The first-order valence-corrected chi connectivity index (χ1v) is 4.86. The minimum absolute atomic E-state index is 0.107. The van der Waals surface area contributed by atoms with Crippen molar-refractivity contribution < 1.29 is 9.23 Å². The van der Waals surface area contributed by atoms with E-state index in [1.54, 1.807) is 12.1 Å². The topological polar surface area (TPSA) is 21.6 Å². The smallest absolute Gasteiger partial charge is 0.157 e. The fourth-order valence-corrected chi connectivity index (χ4v) is 1.52. The lowest BCUT2D eigenvalue weighted by molar-refractivity contribution is 0.0857. The Balaban J connectivity index is 2.08. The van der Waals surface area contributed by atoms with Gasteiger partial charge in [-0.2, -0.15) is 0 Å². The van der Waals surface area contributed by atoms with E-state index in [2.05, 4.69) is 5.16 Å². The van der Waals surface area contributed by atoms with Gasteiger partial charge in [-0.3, -0.25) is 0 Å². The van der Waals surface area contributed by atoms with Gasteiger partial charge in [0.2, 0.25) is 0 Å². The van der Waals surface area contributed by atoms with Crippen LogP contribution in [0, 0.1) is 5.82 Å². The van der Waals surface area contributed by atoms with Crippen LogP contribution in [0.4, 0.5) is 4.39 Å². The molecule has 0 N–H and O–H groups in total. The van der Waals surface area contributed by atoms with Crippen molar-refractivity contribution in [3.05, 3.63) is 35.6 Å². The van der Waals surface area contributed by atoms with Crippen LogP contribution in [0.2, 0.25) is 0 Å². The van der Waals surface area contributed by atoms with Gasteiger partial charge in [0.1, 0.15) is 5.82 Å². The second kappa shape index (κ2) is 3.96. The molecule has 74 valence electrons. The number of hydrogen-bond donors (Lipinski definition) is 0. The fourth-order valence-electron chi connectivity index (χ4n) is 1.36. The minimum atomic E-state index is -0.245. The third kappa shape index (κ3) is 1.87. The molecule has 0 radical (unpaired) electrons. The third-order valence-corrected chi connectivity index (χ3v) is 2.43. The van der Waals surface area contributed by atoms with Crippen LogP contribution >= 0.6 is 11.6 Å². The minimum Gasteiger partial charge on any atom is -0.387 e. The number of nitrogens with zero attached hydrogens (tertiary/aromatic N) is 1. The summed E-state index contributed by atoms with van der Waals surface area (Å²) in [6.45, 7) is 0. The molecule has 0 aliphatic carbocycles. The summed E-state index contributed by atoms with van der Waals surface area (Å²) >= 11 is 5.62. The molecule has 1 heterocycles. The standard InChI is InChI=1S/C10H9ClFNO/c11-6-9-5-10(14-13-9)7-1-3-8(12)4-2-7/h1-4,10H,5-6H2. The number of hydrogen-bond acceptors (Lipinski definition) is 2. The van der Waals surface area contributed by atoms with Crippen LogP contribution in [-0.4, -0.2) is 11.6 Å². The highest BCUT2D eigenvalue weighted by Gasteiger charge is 2.21. The summed E-state index contributed by atoms with van der Waals surface area (Å²) in [4.78, 5) is 5.16. The van der Waals surface area contributed by atoms with Crippen LogP contribution in [0.3, 0.4) is 0 Å². The molecule has 1 aromatic rings. The zero-order valence-electron chi connectivity index (χ0n) is 7.41. The van der Waals surface area contributed by atoms with Gasteiger partial charge in [0, 0.05) is 6.42 Å². The summed E-state index contributed by atoms with van der Waals surface area (Å²) < 4.78 is 12.6. The normalized spacial score (nSPS) is 20.4. The highest BCUT2D eigenvalue weighted by molar-refractivity contribution is 6.28. The Bertz CT molecular complexity index is 350. The molecule has 14 heavy (non-hydrogen) atoms. The second-order valence-corrected chi connectivity index (χ2v) is 3.41. The van der Waals surface area contributed by atoms with Gasteiger partial charge in [0.15, 0.2) is 6.10 Å². The zero-order chi connectivity index (χ0) is 9.97. The van der Waals surface area contributed by atoms with Crippen LogP contribution < -0.4 is 0 Å². The van der Waals surface area contributed by atoms with Crippen LogP contribution in [0.15, 0.2) is 29.4 Å².